The fourth-order valence-electron chi connectivity index (χ4n) is 2.17. The van der Waals surface area contributed by atoms with Crippen LogP contribution < -0.4 is 0 Å². The molecule has 1 aliphatic heterocycles. The molecule has 1 amide bonds. The smallest absolute Gasteiger partial charge is 0.311 e. The van der Waals surface area contributed by atoms with Gasteiger partial charge in [0.1, 0.15) is 0 Å². The lowest BCUT2D eigenvalue weighted by molar-refractivity contribution is -0.147. The fraction of sp³-hybridized carbons (Fsp3) is 0.462. The number of carboxylic acids is 1. The molecule has 0 aromatic carbocycles. The molecular formula is C13H16N2O3. The Hall–Kier alpha value is -1.91. The van der Waals surface area contributed by atoms with E-state index >= 15 is 0 Å². The first-order valence-electron chi connectivity index (χ1n) is 5.87. The molecule has 96 valence electrons. The predicted molar refractivity (Wildman–Crippen MR) is 65.2 cm³/mol. The summed E-state index contributed by atoms with van der Waals surface area (Å²) in [5, 5.41) is 9.15. The van der Waals surface area contributed by atoms with Crippen molar-refractivity contribution < 1.29 is 14.7 Å². The summed E-state index contributed by atoms with van der Waals surface area (Å²) in [7, 11) is 0. The van der Waals surface area contributed by atoms with Crippen molar-refractivity contribution in [2.75, 3.05) is 13.1 Å². The zero-order valence-corrected chi connectivity index (χ0v) is 10.5. The second-order valence-electron chi connectivity index (χ2n) is 5.03. The van der Waals surface area contributed by atoms with Gasteiger partial charge in [0, 0.05) is 25.5 Å². The highest BCUT2D eigenvalue weighted by atomic mass is 16.4. The van der Waals surface area contributed by atoms with Crippen LogP contribution in [0.25, 0.3) is 0 Å². The molecule has 1 aliphatic rings. The first-order chi connectivity index (χ1) is 8.44. The fourth-order valence-corrected chi connectivity index (χ4v) is 2.17. The lowest BCUT2D eigenvalue weighted by atomic mass is 9.90. The van der Waals surface area contributed by atoms with Gasteiger partial charge < -0.3 is 10.0 Å². The molecule has 1 aromatic rings. The second-order valence-corrected chi connectivity index (χ2v) is 5.03. The van der Waals surface area contributed by atoms with Gasteiger partial charge in [-0.25, -0.2) is 0 Å². The summed E-state index contributed by atoms with van der Waals surface area (Å²) in [4.78, 5) is 29.0. The third kappa shape index (κ3) is 2.08. The normalized spacial score (nSPS) is 23.1. The number of pyridine rings is 1. The minimum atomic E-state index is -0.847. The zero-order chi connectivity index (χ0) is 13.3. The molecule has 1 N–H and O–H groups in total. The van der Waals surface area contributed by atoms with Crippen LogP contribution in [0.2, 0.25) is 0 Å². The van der Waals surface area contributed by atoms with Gasteiger partial charge in [-0.05, 0) is 31.9 Å². The van der Waals surface area contributed by atoms with Gasteiger partial charge >= 0.3 is 5.97 Å². The number of aliphatic carboxylic acids is 1. The maximum absolute atomic E-state index is 12.3. The van der Waals surface area contributed by atoms with Crippen molar-refractivity contribution >= 4 is 11.9 Å². The molecule has 1 aromatic heterocycles. The van der Waals surface area contributed by atoms with Gasteiger partial charge in [0.2, 0.25) is 0 Å². The van der Waals surface area contributed by atoms with Crippen molar-refractivity contribution in [3.05, 3.63) is 29.6 Å². The van der Waals surface area contributed by atoms with Crippen LogP contribution in [0.15, 0.2) is 18.5 Å². The minimum absolute atomic E-state index is 0.134. The van der Waals surface area contributed by atoms with E-state index in [9.17, 15) is 9.59 Å². The van der Waals surface area contributed by atoms with Gasteiger partial charge in [0.25, 0.3) is 5.91 Å². The third-order valence-corrected chi connectivity index (χ3v) is 3.55. The molecule has 5 nitrogen and oxygen atoms in total. The average molecular weight is 248 g/mol. The van der Waals surface area contributed by atoms with Crippen LogP contribution in [-0.2, 0) is 4.79 Å². The van der Waals surface area contributed by atoms with Gasteiger partial charge in [0.15, 0.2) is 0 Å². The Morgan fingerprint density at radius 1 is 1.50 bits per heavy atom. The predicted octanol–water partition coefficient (Wildman–Crippen LogP) is 1.33. The SMILES string of the molecule is Cc1ccncc1C(=O)N1CCC(C)(C(=O)O)C1. The number of hydrogen-bond donors (Lipinski definition) is 1. The number of carbonyl (C=O) groups excluding carboxylic acids is 1. The van der Waals surface area contributed by atoms with Crippen molar-refractivity contribution in [2.45, 2.75) is 20.3 Å². The van der Waals surface area contributed by atoms with Crippen molar-refractivity contribution in [1.29, 1.82) is 0 Å². The Kier molecular flexibility index (Phi) is 3.07. The van der Waals surface area contributed by atoms with E-state index in [1.165, 1.54) is 6.20 Å². The van der Waals surface area contributed by atoms with E-state index < -0.39 is 11.4 Å². The van der Waals surface area contributed by atoms with Crippen LogP contribution in [0.3, 0.4) is 0 Å². The summed E-state index contributed by atoms with van der Waals surface area (Å²) in [5.74, 6) is -0.980. The van der Waals surface area contributed by atoms with Crippen LogP contribution in [0, 0.1) is 12.3 Å². The lowest BCUT2D eigenvalue weighted by Gasteiger charge is -2.20. The summed E-state index contributed by atoms with van der Waals surface area (Å²) < 4.78 is 0. The van der Waals surface area contributed by atoms with Gasteiger partial charge in [-0.3, -0.25) is 14.6 Å². The monoisotopic (exact) mass is 248 g/mol. The Morgan fingerprint density at radius 2 is 2.22 bits per heavy atom. The minimum Gasteiger partial charge on any atom is -0.481 e. The molecular weight excluding hydrogens is 232 g/mol. The van der Waals surface area contributed by atoms with E-state index in [0.29, 0.717) is 18.5 Å². The van der Waals surface area contributed by atoms with E-state index in [2.05, 4.69) is 4.98 Å². The summed E-state index contributed by atoms with van der Waals surface area (Å²) in [5.41, 5.74) is 0.581. The molecule has 0 aliphatic carbocycles. The number of carbonyl (C=O) groups is 2. The lowest BCUT2D eigenvalue weighted by Crippen LogP contribution is -2.35. The molecule has 0 radical (unpaired) electrons. The average Bonchev–Trinajstić information content (AvgIpc) is 2.73. The highest BCUT2D eigenvalue weighted by Gasteiger charge is 2.42. The second kappa shape index (κ2) is 4.40. The molecule has 0 spiro atoms. The molecule has 1 unspecified atom stereocenters. The number of rotatable bonds is 2. The van der Waals surface area contributed by atoms with Crippen LogP contribution in [0.4, 0.5) is 0 Å². The number of carboxylic acid groups (broad SMARTS) is 1. The van der Waals surface area contributed by atoms with Gasteiger partial charge in [0.05, 0.1) is 11.0 Å². The summed E-state index contributed by atoms with van der Waals surface area (Å²) in [6.07, 6.45) is 3.67. The number of hydrogen-bond acceptors (Lipinski definition) is 3. The Balaban J connectivity index is 2.18. The highest BCUT2D eigenvalue weighted by molar-refractivity contribution is 5.96. The molecule has 2 rings (SSSR count). The van der Waals surface area contributed by atoms with E-state index in [-0.39, 0.29) is 12.5 Å². The van der Waals surface area contributed by atoms with Gasteiger partial charge in [-0.15, -0.1) is 0 Å². The van der Waals surface area contributed by atoms with Crippen molar-refractivity contribution in [2.24, 2.45) is 5.41 Å². The Bertz CT molecular complexity index is 501. The third-order valence-electron chi connectivity index (χ3n) is 3.55. The van der Waals surface area contributed by atoms with Gasteiger partial charge in [-0.2, -0.15) is 0 Å². The summed E-state index contributed by atoms with van der Waals surface area (Å²) in [6.45, 7) is 4.27. The molecule has 0 bridgehead atoms. The van der Waals surface area contributed by atoms with Crippen LogP contribution >= 0.6 is 0 Å². The van der Waals surface area contributed by atoms with E-state index in [1.54, 1.807) is 24.1 Å². The largest absolute Gasteiger partial charge is 0.481 e. The first kappa shape index (κ1) is 12.5. The molecule has 1 saturated heterocycles. The standard InChI is InChI=1S/C13H16N2O3/c1-9-3-5-14-7-10(9)11(16)15-6-4-13(2,8-15)12(17)18/h3,5,7H,4,6,8H2,1-2H3,(H,17,18). The van der Waals surface area contributed by atoms with Crippen molar-refractivity contribution in [1.82, 2.24) is 9.88 Å². The topological polar surface area (TPSA) is 70.5 Å². The summed E-state index contributed by atoms with van der Waals surface area (Å²) >= 11 is 0. The zero-order valence-electron chi connectivity index (χ0n) is 10.5. The van der Waals surface area contributed by atoms with Gasteiger partial charge in [-0.1, -0.05) is 0 Å². The Labute approximate surface area is 105 Å². The quantitative estimate of drug-likeness (QED) is 0.857. The molecule has 2 heterocycles. The number of aromatic nitrogens is 1. The Morgan fingerprint density at radius 3 is 2.78 bits per heavy atom. The van der Waals surface area contributed by atoms with E-state index in [0.717, 1.165) is 5.56 Å². The molecule has 18 heavy (non-hydrogen) atoms. The van der Waals surface area contributed by atoms with Crippen molar-refractivity contribution in [3.63, 3.8) is 0 Å². The first-order valence-corrected chi connectivity index (χ1v) is 5.87. The highest BCUT2D eigenvalue weighted by Crippen LogP contribution is 2.31. The molecule has 1 atom stereocenters. The van der Waals surface area contributed by atoms with Crippen molar-refractivity contribution in [3.8, 4) is 0 Å². The van der Waals surface area contributed by atoms with E-state index in [4.69, 9.17) is 5.11 Å². The number of nitrogens with zero attached hydrogens (tertiary/aromatic N) is 2. The molecule has 0 saturated carbocycles. The molecule has 1 fully saturated rings. The molecule has 5 heteroatoms. The van der Waals surface area contributed by atoms with Crippen LogP contribution in [0.1, 0.15) is 29.3 Å². The maximum atomic E-state index is 12.3. The van der Waals surface area contributed by atoms with Crippen LogP contribution in [0.5, 0.6) is 0 Å². The number of likely N-dealkylation sites (tertiary alicyclic amines) is 1. The number of amides is 1. The van der Waals surface area contributed by atoms with Crippen LogP contribution in [-0.4, -0.2) is 40.0 Å². The summed E-state index contributed by atoms with van der Waals surface area (Å²) in [6, 6.07) is 1.78. The van der Waals surface area contributed by atoms with E-state index in [1.807, 2.05) is 6.92 Å². The number of aryl methyl sites for hydroxylation is 1. The maximum Gasteiger partial charge on any atom is 0.311 e.